The molecule has 164 valence electrons. The van der Waals surface area contributed by atoms with Crippen molar-refractivity contribution >= 4 is 46.7 Å². The molecule has 0 spiro atoms. The second kappa shape index (κ2) is 10.3. The minimum Gasteiger partial charge on any atom is -0.378 e. The first-order chi connectivity index (χ1) is 15.6. The summed E-state index contributed by atoms with van der Waals surface area (Å²) in [6.45, 7) is 4.98. The first-order valence-electron chi connectivity index (χ1n) is 10.4. The number of amides is 1. The molecule has 0 aliphatic carbocycles. The number of aryl methyl sites for hydroxylation is 1. The summed E-state index contributed by atoms with van der Waals surface area (Å²) in [7, 11) is 0. The van der Waals surface area contributed by atoms with Crippen LogP contribution in [0, 0.1) is 6.92 Å². The van der Waals surface area contributed by atoms with Gasteiger partial charge in [0.15, 0.2) is 0 Å². The van der Waals surface area contributed by atoms with E-state index in [0.29, 0.717) is 29.9 Å². The first-order valence-corrected chi connectivity index (χ1v) is 10.7. The van der Waals surface area contributed by atoms with E-state index >= 15 is 0 Å². The minimum absolute atomic E-state index is 0.234. The number of nitrogens with zero attached hydrogens (tertiary/aromatic N) is 3. The van der Waals surface area contributed by atoms with Crippen molar-refractivity contribution in [2.45, 2.75) is 6.92 Å². The Morgan fingerprint density at radius 1 is 1.06 bits per heavy atom. The molecule has 8 heteroatoms. The molecule has 7 nitrogen and oxygen atoms in total. The van der Waals surface area contributed by atoms with Gasteiger partial charge >= 0.3 is 0 Å². The number of carbonyl (C=O) groups is 1. The summed E-state index contributed by atoms with van der Waals surface area (Å²) in [5.41, 5.74) is 3.19. The van der Waals surface area contributed by atoms with Crippen molar-refractivity contribution in [3.8, 4) is 0 Å². The third kappa shape index (κ3) is 5.84. The Morgan fingerprint density at radius 2 is 1.78 bits per heavy atom. The number of nitrogens with one attached hydrogen (secondary N) is 2. The fourth-order valence-electron chi connectivity index (χ4n) is 3.29. The SMILES string of the molecule is Cc1cc(N2CCOCC2)nc(Nc2ccc(NC(=O)/C=C/c3ccccc3Cl)cc2)n1. The smallest absolute Gasteiger partial charge is 0.248 e. The molecule has 0 saturated carbocycles. The predicted molar refractivity (Wildman–Crippen MR) is 129 cm³/mol. The fraction of sp³-hybridized carbons (Fsp3) is 0.208. The second-order valence-corrected chi connectivity index (χ2v) is 7.74. The first kappa shape index (κ1) is 21.8. The molecule has 3 aromatic rings. The maximum absolute atomic E-state index is 12.2. The lowest BCUT2D eigenvalue weighted by Crippen LogP contribution is -2.36. The highest BCUT2D eigenvalue weighted by Crippen LogP contribution is 2.21. The molecule has 0 radical (unpaired) electrons. The molecule has 0 bridgehead atoms. The van der Waals surface area contributed by atoms with Crippen LogP contribution in [0.4, 0.5) is 23.1 Å². The summed E-state index contributed by atoms with van der Waals surface area (Å²) in [5, 5.41) is 6.67. The number of anilines is 4. The molecule has 32 heavy (non-hydrogen) atoms. The summed E-state index contributed by atoms with van der Waals surface area (Å²) in [5.74, 6) is 1.19. The molecular weight excluding hydrogens is 426 g/mol. The molecule has 0 atom stereocenters. The zero-order chi connectivity index (χ0) is 22.3. The molecule has 0 unspecified atom stereocenters. The maximum Gasteiger partial charge on any atom is 0.248 e. The summed E-state index contributed by atoms with van der Waals surface area (Å²) in [6, 6.07) is 16.7. The molecule has 2 heterocycles. The van der Waals surface area contributed by atoms with Gasteiger partial charge in [0.05, 0.1) is 13.2 Å². The van der Waals surface area contributed by atoms with Crippen LogP contribution in [0.25, 0.3) is 6.08 Å². The van der Waals surface area contributed by atoms with Gasteiger partial charge in [-0.05, 0) is 48.9 Å². The van der Waals surface area contributed by atoms with Crippen LogP contribution in [-0.4, -0.2) is 42.2 Å². The van der Waals surface area contributed by atoms with E-state index in [0.717, 1.165) is 35.9 Å². The molecule has 2 N–H and O–H groups in total. The average Bonchev–Trinajstić information content (AvgIpc) is 2.80. The summed E-state index contributed by atoms with van der Waals surface area (Å²) in [6.07, 6.45) is 3.15. The number of ether oxygens (including phenoxy) is 1. The Balaban J connectivity index is 1.38. The van der Waals surface area contributed by atoms with Crippen molar-refractivity contribution in [1.82, 2.24) is 9.97 Å². The third-order valence-electron chi connectivity index (χ3n) is 4.90. The van der Waals surface area contributed by atoms with Crippen LogP contribution in [0.1, 0.15) is 11.3 Å². The lowest BCUT2D eigenvalue weighted by molar-refractivity contribution is -0.111. The zero-order valence-corrected chi connectivity index (χ0v) is 18.5. The van der Waals surface area contributed by atoms with Gasteiger partial charge in [0.1, 0.15) is 5.82 Å². The van der Waals surface area contributed by atoms with Gasteiger partial charge in [-0.15, -0.1) is 0 Å². The fourth-order valence-corrected chi connectivity index (χ4v) is 3.49. The lowest BCUT2D eigenvalue weighted by atomic mass is 10.2. The predicted octanol–water partition coefficient (Wildman–Crippen LogP) is 4.67. The van der Waals surface area contributed by atoms with E-state index in [1.165, 1.54) is 6.08 Å². The second-order valence-electron chi connectivity index (χ2n) is 7.34. The van der Waals surface area contributed by atoms with Gasteiger partial charge in [0.2, 0.25) is 11.9 Å². The van der Waals surface area contributed by atoms with Crippen molar-refractivity contribution in [3.05, 3.63) is 77.0 Å². The lowest BCUT2D eigenvalue weighted by Gasteiger charge is -2.28. The average molecular weight is 450 g/mol. The number of morpholine rings is 1. The highest BCUT2D eigenvalue weighted by atomic mass is 35.5. The number of rotatable bonds is 6. The Hall–Kier alpha value is -3.42. The molecule has 1 saturated heterocycles. The van der Waals surface area contributed by atoms with Gasteiger partial charge in [-0.1, -0.05) is 29.8 Å². The van der Waals surface area contributed by atoms with Crippen molar-refractivity contribution in [2.24, 2.45) is 0 Å². The highest BCUT2D eigenvalue weighted by Gasteiger charge is 2.14. The highest BCUT2D eigenvalue weighted by molar-refractivity contribution is 6.32. The number of aromatic nitrogens is 2. The number of hydrogen-bond donors (Lipinski definition) is 2. The van der Waals surface area contributed by atoms with Crippen molar-refractivity contribution < 1.29 is 9.53 Å². The topological polar surface area (TPSA) is 79.4 Å². The molecular formula is C24H24ClN5O2. The summed E-state index contributed by atoms with van der Waals surface area (Å²) < 4.78 is 5.42. The van der Waals surface area contributed by atoms with Crippen molar-refractivity contribution in [3.63, 3.8) is 0 Å². The van der Waals surface area contributed by atoms with E-state index in [1.807, 2.05) is 55.5 Å². The van der Waals surface area contributed by atoms with Crippen LogP contribution in [0.5, 0.6) is 0 Å². The van der Waals surface area contributed by atoms with E-state index in [2.05, 4.69) is 25.5 Å². The van der Waals surface area contributed by atoms with Gasteiger partial charge in [-0.2, -0.15) is 4.98 Å². The van der Waals surface area contributed by atoms with Crippen molar-refractivity contribution in [2.75, 3.05) is 41.8 Å². The number of hydrogen-bond acceptors (Lipinski definition) is 6. The van der Waals surface area contributed by atoms with Crippen LogP contribution in [-0.2, 0) is 9.53 Å². The van der Waals surface area contributed by atoms with Crippen LogP contribution in [0.3, 0.4) is 0 Å². The third-order valence-corrected chi connectivity index (χ3v) is 5.25. The zero-order valence-electron chi connectivity index (χ0n) is 17.7. The van der Waals surface area contributed by atoms with E-state index in [4.69, 9.17) is 16.3 Å². The molecule has 1 aromatic heterocycles. The molecule has 1 fully saturated rings. The van der Waals surface area contributed by atoms with Gasteiger partial charge < -0.3 is 20.3 Å². The van der Waals surface area contributed by atoms with Crippen LogP contribution >= 0.6 is 11.6 Å². The van der Waals surface area contributed by atoms with E-state index in [-0.39, 0.29) is 5.91 Å². The Morgan fingerprint density at radius 3 is 2.53 bits per heavy atom. The van der Waals surface area contributed by atoms with Gasteiger partial charge in [0.25, 0.3) is 0 Å². The van der Waals surface area contributed by atoms with Gasteiger partial charge in [0, 0.05) is 47.3 Å². The Labute approximate surface area is 192 Å². The Kier molecular flexibility index (Phi) is 6.99. The molecule has 1 aliphatic rings. The Bertz CT molecular complexity index is 1110. The number of carbonyl (C=O) groups excluding carboxylic acids is 1. The molecule has 1 aliphatic heterocycles. The van der Waals surface area contributed by atoms with E-state index < -0.39 is 0 Å². The number of benzene rings is 2. The van der Waals surface area contributed by atoms with Gasteiger partial charge in [-0.3, -0.25) is 4.79 Å². The normalized spacial score (nSPS) is 13.9. The minimum atomic E-state index is -0.234. The maximum atomic E-state index is 12.2. The van der Waals surface area contributed by atoms with Gasteiger partial charge in [-0.25, -0.2) is 4.98 Å². The van der Waals surface area contributed by atoms with Crippen LogP contribution in [0.2, 0.25) is 5.02 Å². The number of halogens is 1. The standard InChI is InChI=1S/C24H24ClN5O2/c1-17-16-22(30-12-14-32-15-13-30)29-24(26-17)28-20-9-7-19(8-10-20)27-23(31)11-6-18-4-2-3-5-21(18)25/h2-11,16H,12-15H2,1H3,(H,27,31)(H,26,28,29)/b11-6+. The van der Waals surface area contributed by atoms with Crippen LogP contribution < -0.4 is 15.5 Å². The monoisotopic (exact) mass is 449 g/mol. The van der Waals surface area contributed by atoms with Crippen molar-refractivity contribution in [1.29, 1.82) is 0 Å². The molecule has 1 amide bonds. The molecule has 2 aromatic carbocycles. The quantitative estimate of drug-likeness (QED) is 0.532. The summed E-state index contributed by atoms with van der Waals surface area (Å²) >= 11 is 6.11. The summed E-state index contributed by atoms with van der Waals surface area (Å²) in [4.78, 5) is 23.5. The van der Waals surface area contributed by atoms with Crippen LogP contribution in [0.15, 0.2) is 60.7 Å². The largest absolute Gasteiger partial charge is 0.378 e. The van der Waals surface area contributed by atoms with E-state index in [9.17, 15) is 4.79 Å². The molecule has 4 rings (SSSR count). The van der Waals surface area contributed by atoms with E-state index in [1.54, 1.807) is 12.1 Å².